The number of hydrogen-bond acceptors (Lipinski definition) is 3. The zero-order chi connectivity index (χ0) is 13.2. The van der Waals surface area contributed by atoms with Gasteiger partial charge in [0.25, 0.3) is 0 Å². The summed E-state index contributed by atoms with van der Waals surface area (Å²) >= 11 is 0. The highest BCUT2D eigenvalue weighted by atomic mass is 35.5. The molecule has 0 radical (unpaired) electrons. The molecular formula is C13H28ClN3O. The van der Waals surface area contributed by atoms with Gasteiger partial charge in [-0.3, -0.25) is 9.69 Å². The molecule has 108 valence electrons. The Hall–Kier alpha value is -0.320. The predicted molar refractivity (Wildman–Crippen MR) is 78.0 cm³/mol. The number of likely N-dealkylation sites (tertiary alicyclic amines) is 1. The molecule has 18 heavy (non-hydrogen) atoms. The largest absolute Gasteiger partial charge is 0.342 e. The van der Waals surface area contributed by atoms with Gasteiger partial charge in [0.2, 0.25) is 5.91 Å². The second-order valence-corrected chi connectivity index (χ2v) is 5.95. The minimum atomic E-state index is -0.0317. The molecule has 1 fully saturated rings. The van der Waals surface area contributed by atoms with Crippen LogP contribution in [0.1, 0.15) is 34.1 Å². The maximum atomic E-state index is 12.2. The normalized spacial score (nSPS) is 25.9. The van der Waals surface area contributed by atoms with Crippen molar-refractivity contribution >= 4 is 18.3 Å². The molecule has 0 aromatic heterocycles. The van der Waals surface area contributed by atoms with Gasteiger partial charge in [0.05, 0.1) is 6.04 Å². The van der Waals surface area contributed by atoms with Crippen molar-refractivity contribution in [1.82, 2.24) is 9.80 Å². The minimum absolute atomic E-state index is 0. The standard InChI is InChI=1S/C13H27N3O.ClH/c1-10(2)15(5)12(17)11(3)16-7-6-13(4,8-14)9-16;/h10-11H,6-9,14H2,1-5H3;1H. The summed E-state index contributed by atoms with van der Waals surface area (Å²) in [5.41, 5.74) is 5.98. The van der Waals surface area contributed by atoms with Crippen LogP contribution in [-0.2, 0) is 4.79 Å². The molecule has 0 spiro atoms. The summed E-state index contributed by atoms with van der Waals surface area (Å²) in [6.45, 7) is 10.9. The van der Waals surface area contributed by atoms with Gasteiger partial charge in [-0.2, -0.15) is 0 Å². The monoisotopic (exact) mass is 277 g/mol. The van der Waals surface area contributed by atoms with Gasteiger partial charge in [0, 0.05) is 19.6 Å². The Morgan fingerprint density at radius 2 is 2.00 bits per heavy atom. The summed E-state index contributed by atoms with van der Waals surface area (Å²) in [5, 5.41) is 0. The topological polar surface area (TPSA) is 49.6 Å². The molecule has 1 heterocycles. The third-order valence-corrected chi connectivity index (χ3v) is 4.11. The highest BCUT2D eigenvalue weighted by Crippen LogP contribution is 2.30. The van der Waals surface area contributed by atoms with Crippen molar-refractivity contribution in [3.05, 3.63) is 0 Å². The zero-order valence-corrected chi connectivity index (χ0v) is 13.1. The van der Waals surface area contributed by atoms with Crippen molar-refractivity contribution in [3.63, 3.8) is 0 Å². The highest BCUT2D eigenvalue weighted by molar-refractivity contribution is 5.85. The number of amides is 1. The second-order valence-electron chi connectivity index (χ2n) is 5.95. The Kier molecular flexibility index (Phi) is 6.61. The first kappa shape index (κ1) is 17.7. The molecule has 1 aliphatic heterocycles. The average molecular weight is 278 g/mol. The minimum Gasteiger partial charge on any atom is -0.342 e. The molecule has 0 saturated carbocycles. The van der Waals surface area contributed by atoms with E-state index < -0.39 is 0 Å². The van der Waals surface area contributed by atoms with E-state index >= 15 is 0 Å². The highest BCUT2D eigenvalue weighted by Gasteiger charge is 2.37. The van der Waals surface area contributed by atoms with E-state index in [9.17, 15) is 4.79 Å². The lowest BCUT2D eigenvalue weighted by atomic mass is 9.90. The molecule has 1 rings (SSSR count). The number of carbonyl (C=O) groups is 1. The molecule has 1 amide bonds. The Morgan fingerprint density at radius 3 is 2.39 bits per heavy atom. The molecule has 2 unspecified atom stereocenters. The molecule has 5 heteroatoms. The maximum absolute atomic E-state index is 12.2. The number of halogens is 1. The smallest absolute Gasteiger partial charge is 0.239 e. The van der Waals surface area contributed by atoms with E-state index in [2.05, 4.69) is 11.8 Å². The van der Waals surface area contributed by atoms with Gasteiger partial charge in [-0.05, 0) is 45.7 Å². The average Bonchev–Trinajstić information content (AvgIpc) is 2.69. The van der Waals surface area contributed by atoms with Gasteiger partial charge in [-0.1, -0.05) is 6.92 Å². The lowest BCUT2D eigenvalue weighted by molar-refractivity contribution is -0.136. The third kappa shape index (κ3) is 3.84. The summed E-state index contributed by atoms with van der Waals surface area (Å²) < 4.78 is 0. The van der Waals surface area contributed by atoms with E-state index in [-0.39, 0.29) is 35.8 Å². The lowest BCUT2D eigenvalue weighted by Gasteiger charge is -2.31. The summed E-state index contributed by atoms with van der Waals surface area (Å²) in [6.07, 6.45) is 1.09. The number of rotatable bonds is 4. The lowest BCUT2D eigenvalue weighted by Crippen LogP contribution is -2.47. The van der Waals surface area contributed by atoms with Crippen LogP contribution in [-0.4, -0.2) is 54.5 Å². The fourth-order valence-electron chi connectivity index (χ4n) is 2.26. The molecule has 1 aliphatic rings. The summed E-state index contributed by atoms with van der Waals surface area (Å²) in [7, 11) is 1.88. The van der Waals surface area contributed by atoms with Crippen LogP contribution in [0.25, 0.3) is 0 Å². The summed E-state index contributed by atoms with van der Waals surface area (Å²) in [6, 6.07) is 0.226. The van der Waals surface area contributed by atoms with Crippen LogP contribution in [0.15, 0.2) is 0 Å². The van der Waals surface area contributed by atoms with Crippen LogP contribution in [0.5, 0.6) is 0 Å². The Bertz CT molecular complexity index is 285. The van der Waals surface area contributed by atoms with Crippen molar-refractivity contribution in [1.29, 1.82) is 0 Å². The number of likely N-dealkylation sites (N-methyl/N-ethyl adjacent to an activating group) is 1. The molecule has 2 N–H and O–H groups in total. The van der Waals surface area contributed by atoms with Crippen LogP contribution in [0.3, 0.4) is 0 Å². The van der Waals surface area contributed by atoms with Crippen LogP contribution >= 0.6 is 12.4 Å². The van der Waals surface area contributed by atoms with Crippen molar-refractivity contribution in [2.24, 2.45) is 11.1 Å². The Morgan fingerprint density at radius 1 is 1.44 bits per heavy atom. The number of nitrogens with two attached hydrogens (primary N) is 1. The molecule has 0 aliphatic carbocycles. The Balaban J connectivity index is 0.00000289. The van der Waals surface area contributed by atoms with Crippen LogP contribution in [0.4, 0.5) is 0 Å². The van der Waals surface area contributed by atoms with Crippen molar-refractivity contribution in [2.45, 2.75) is 46.2 Å². The molecule has 0 bridgehead atoms. The van der Waals surface area contributed by atoms with Gasteiger partial charge >= 0.3 is 0 Å². The number of hydrogen-bond donors (Lipinski definition) is 1. The van der Waals surface area contributed by atoms with Crippen LogP contribution in [0.2, 0.25) is 0 Å². The van der Waals surface area contributed by atoms with E-state index in [1.54, 1.807) is 0 Å². The quantitative estimate of drug-likeness (QED) is 0.844. The van der Waals surface area contributed by atoms with Gasteiger partial charge in [-0.25, -0.2) is 0 Å². The third-order valence-electron chi connectivity index (χ3n) is 4.11. The van der Waals surface area contributed by atoms with E-state index in [1.165, 1.54) is 0 Å². The molecule has 0 aromatic rings. The number of carbonyl (C=O) groups excluding carboxylic acids is 1. The van der Waals surface area contributed by atoms with E-state index in [0.717, 1.165) is 19.5 Å². The first-order chi connectivity index (χ1) is 7.80. The van der Waals surface area contributed by atoms with Crippen LogP contribution in [0, 0.1) is 5.41 Å². The second kappa shape index (κ2) is 6.73. The Labute approximate surface area is 117 Å². The maximum Gasteiger partial charge on any atom is 0.239 e. The van der Waals surface area contributed by atoms with E-state index in [1.807, 2.05) is 32.7 Å². The van der Waals surface area contributed by atoms with Gasteiger partial charge in [0.1, 0.15) is 0 Å². The van der Waals surface area contributed by atoms with Gasteiger partial charge in [-0.15, -0.1) is 12.4 Å². The summed E-state index contributed by atoms with van der Waals surface area (Å²) in [4.78, 5) is 16.3. The molecule has 4 nitrogen and oxygen atoms in total. The molecular weight excluding hydrogens is 250 g/mol. The van der Waals surface area contributed by atoms with Gasteiger partial charge < -0.3 is 10.6 Å². The SMILES string of the molecule is CC(C(=O)N(C)C(C)C)N1CCC(C)(CN)C1.Cl. The first-order valence-electron chi connectivity index (χ1n) is 6.51. The predicted octanol–water partition coefficient (Wildman–Crippen LogP) is 1.33. The van der Waals surface area contributed by atoms with Crippen LogP contribution < -0.4 is 5.73 Å². The van der Waals surface area contributed by atoms with Crippen molar-refractivity contribution in [2.75, 3.05) is 26.7 Å². The fourth-order valence-corrected chi connectivity index (χ4v) is 2.26. The van der Waals surface area contributed by atoms with E-state index in [0.29, 0.717) is 6.54 Å². The molecule has 1 saturated heterocycles. The molecule has 0 aromatic carbocycles. The fraction of sp³-hybridized carbons (Fsp3) is 0.923. The summed E-state index contributed by atoms with van der Waals surface area (Å²) in [5.74, 6) is 0.210. The van der Waals surface area contributed by atoms with Gasteiger partial charge in [0.15, 0.2) is 0 Å². The first-order valence-corrected chi connectivity index (χ1v) is 6.51. The van der Waals surface area contributed by atoms with E-state index in [4.69, 9.17) is 5.73 Å². The number of nitrogens with zero attached hydrogens (tertiary/aromatic N) is 2. The zero-order valence-electron chi connectivity index (χ0n) is 12.3. The van der Waals surface area contributed by atoms with Crippen molar-refractivity contribution in [3.8, 4) is 0 Å². The van der Waals surface area contributed by atoms with Crippen molar-refractivity contribution < 1.29 is 4.79 Å². The molecule has 2 atom stereocenters.